The van der Waals surface area contributed by atoms with Gasteiger partial charge in [-0.3, -0.25) is 9.36 Å². The Morgan fingerprint density at radius 1 is 1.25 bits per heavy atom. The van der Waals surface area contributed by atoms with Gasteiger partial charge in [-0.05, 0) is 49.4 Å². The van der Waals surface area contributed by atoms with E-state index in [2.05, 4.69) is 33.9 Å². The summed E-state index contributed by atoms with van der Waals surface area (Å²) in [4.78, 5) is 12.1. The molecule has 1 aromatic carbocycles. The number of nitrogens with zero attached hydrogens (tertiary/aromatic N) is 3. The Morgan fingerprint density at radius 2 is 2.00 bits per heavy atom. The van der Waals surface area contributed by atoms with E-state index in [0.29, 0.717) is 24.3 Å². The summed E-state index contributed by atoms with van der Waals surface area (Å²) in [6.45, 7) is 5.07. The Bertz CT molecular complexity index is 775. The number of amides is 1. The highest BCUT2D eigenvalue weighted by atomic mass is 32.2. The summed E-state index contributed by atoms with van der Waals surface area (Å²) >= 11 is 1.48. The Kier molecular flexibility index (Phi) is 7.36. The summed E-state index contributed by atoms with van der Waals surface area (Å²) in [6, 6.07) is 8.31. The van der Waals surface area contributed by atoms with Crippen molar-refractivity contribution >= 4 is 17.7 Å². The Labute approximate surface area is 171 Å². The van der Waals surface area contributed by atoms with E-state index in [1.54, 1.807) is 7.11 Å². The molecular formula is C21H30N4O2S. The molecule has 3 rings (SSSR count). The maximum atomic E-state index is 12.1. The van der Waals surface area contributed by atoms with E-state index in [1.165, 1.54) is 31.0 Å². The quantitative estimate of drug-likeness (QED) is 0.666. The number of carbonyl (C=O) groups excluding carboxylic acids is 1. The monoisotopic (exact) mass is 402 g/mol. The van der Waals surface area contributed by atoms with Crippen LogP contribution < -0.4 is 10.1 Å². The van der Waals surface area contributed by atoms with Gasteiger partial charge >= 0.3 is 0 Å². The first kappa shape index (κ1) is 20.7. The number of hydrogen-bond acceptors (Lipinski definition) is 5. The van der Waals surface area contributed by atoms with Crippen molar-refractivity contribution in [3.8, 4) is 17.1 Å². The minimum atomic E-state index is 0.0455. The van der Waals surface area contributed by atoms with Crippen LogP contribution in [-0.4, -0.2) is 40.1 Å². The molecule has 0 radical (unpaired) electrons. The number of rotatable bonds is 8. The lowest BCUT2D eigenvalue weighted by atomic mass is 9.85. The molecule has 1 aliphatic carbocycles. The zero-order valence-electron chi connectivity index (χ0n) is 17.0. The smallest absolute Gasteiger partial charge is 0.230 e. The molecule has 0 aliphatic heterocycles. The molecule has 2 atom stereocenters. The highest BCUT2D eigenvalue weighted by molar-refractivity contribution is 7.99. The highest BCUT2D eigenvalue weighted by Gasteiger charge is 2.28. The minimum absolute atomic E-state index is 0.0455. The molecule has 6 nitrogen and oxygen atoms in total. The molecule has 1 aliphatic rings. The van der Waals surface area contributed by atoms with Crippen LogP contribution >= 0.6 is 11.8 Å². The number of benzene rings is 1. The van der Waals surface area contributed by atoms with Crippen LogP contribution in [0.1, 0.15) is 52.0 Å². The summed E-state index contributed by atoms with van der Waals surface area (Å²) in [6.07, 6.45) is 5.77. The van der Waals surface area contributed by atoms with Gasteiger partial charge in [-0.15, -0.1) is 10.2 Å². The highest BCUT2D eigenvalue weighted by Crippen LogP contribution is 2.39. The molecule has 1 fully saturated rings. The molecule has 0 saturated heterocycles. The molecule has 1 amide bonds. The lowest BCUT2D eigenvalue weighted by Gasteiger charge is -2.31. The first-order valence-corrected chi connectivity index (χ1v) is 11.1. The molecule has 1 aromatic heterocycles. The maximum Gasteiger partial charge on any atom is 0.230 e. The molecule has 1 heterocycles. The van der Waals surface area contributed by atoms with Crippen LogP contribution in [0.3, 0.4) is 0 Å². The molecule has 0 bridgehead atoms. The van der Waals surface area contributed by atoms with E-state index >= 15 is 0 Å². The van der Waals surface area contributed by atoms with Crippen molar-refractivity contribution < 1.29 is 9.53 Å². The Morgan fingerprint density at radius 3 is 2.68 bits per heavy atom. The van der Waals surface area contributed by atoms with Gasteiger partial charge in [0.05, 0.1) is 12.9 Å². The number of carbonyl (C=O) groups is 1. The summed E-state index contributed by atoms with van der Waals surface area (Å²) in [7, 11) is 1.67. The fourth-order valence-corrected chi connectivity index (χ4v) is 4.56. The topological polar surface area (TPSA) is 69.0 Å². The molecule has 1 N–H and O–H groups in total. The zero-order chi connectivity index (χ0) is 19.9. The largest absolute Gasteiger partial charge is 0.497 e. The molecule has 0 spiro atoms. The number of methoxy groups -OCH3 is 1. The predicted molar refractivity (Wildman–Crippen MR) is 113 cm³/mol. The lowest BCUT2D eigenvalue weighted by molar-refractivity contribution is -0.118. The predicted octanol–water partition coefficient (Wildman–Crippen LogP) is 4.32. The first-order valence-electron chi connectivity index (χ1n) is 10.1. The van der Waals surface area contributed by atoms with Crippen LogP contribution in [0.4, 0.5) is 0 Å². The van der Waals surface area contributed by atoms with Crippen molar-refractivity contribution in [3.05, 3.63) is 24.3 Å². The van der Waals surface area contributed by atoms with Gasteiger partial charge in [-0.25, -0.2) is 0 Å². The van der Waals surface area contributed by atoms with Gasteiger partial charge in [-0.1, -0.05) is 38.5 Å². The third-order valence-electron chi connectivity index (χ3n) is 5.32. The van der Waals surface area contributed by atoms with Crippen LogP contribution in [0, 0.1) is 5.92 Å². The second kappa shape index (κ2) is 9.96. The summed E-state index contributed by atoms with van der Waals surface area (Å²) in [5.74, 6) is 2.67. The molecule has 7 heteroatoms. The van der Waals surface area contributed by atoms with Crippen molar-refractivity contribution in [1.29, 1.82) is 0 Å². The first-order chi connectivity index (χ1) is 13.6. The molecular weight excluding hydrogens is 372 g/mol. The van der Waals surface area contributed by atoms with Crippen molar-refractivity contribution in [2.75, 3.05) is 19.4 Å². The molecule has 28 heavy (non-hydrogen) atoms. The minimum Gasteiger partial charge on any atom is -0.497 e. The summed E-state index contributed by atoms with van der Waals surface area (Å²) in [5, 5.41) is 12.7. The zero-order valence-corrected chi connectivity index (χ0v) is 17.8. The van der Waals surface area contributed by atoms with E-state index in [9.17, 15) is 4.79 Å². The van der Waals surface area contributed by atoms with Crippen LogP contribution in [0.5, 0.6) is 5.75 Å². The normalized spacial score (nSPS) is 19.4. The van der Waals surface area contributed by atoms with E-state index in [-0.39, 0.29) is 5.91 Å². The Balaban J connectivity index is 1.88. The number of aromatic nitrogens is 3. The second-order valence-electron chi connectivity index (χ2n) is 7.37. The number of nitrogens with one attached hydrogen (secondary N) is 1. The van der Waals surface area contributed by atoms with Gasteiger partial charge in [0.1, 0.15) is 5.75 Å². The molecule has 1 saturated carbocycles. The van der Waals surface area contributed by atoms with Gasteiger partial charge in [0.2, 0.25) is 5.91 Å². The lowest BCUT2D eigenvalue weighted by Crippen LogP contribution is -2.26. The SMILES string of the molecule is CCCNC(=O)CSc1nnc(-c2ccc(OC)cc2)n1[C@@H]1CCCC[C@@H]1C. The van der Waals surface area contributed by atoms with Gasteiger partial charge in [0.25, 0.3) is 0 Å². The number of ether oxygens (including phenoxy) is 1. The Hall–Kier alpha value is -2.02. The van der Waals surface area contributed by atoms with Crippen molar-refractivity contribution in [3.63, 3.8) is 0 Å². The third kappa shape index (κ3) is 4.87. The van der Waals surface area contributed by atoms with E-state index < -0.39 is 0 Å². The second-order valence-corrected chi connectivity index (χ2v) is 8.31. The molecule has 0 unspecified atom stereocenters. The maximum absolute atomic E-state index is 12.1. The van der Waals surface area contributed by atoms with E-state index in [1.807, 2.05) is 24.3 Å². The number of hydrogen-bond donors (Lipinski definition) is 1. The number of thioether (sulfide) groups is 1. The van der Waals surface area contributed by atoms with Crippen LogP contribution in [0.15, 0.2) is 29.4 Å². The standard InChI is InChI=1S/C21H30N4O2S/c1-4-13-22-19(26)14-28-21-24-23-20(16-9-11-17(27-3)12-10-16)25(21)18-8-6-5-7-15(18)2/h9-12,15,18H,4-8,13-14H2,1-3H3,(H,22,26)/t15-,18+/m0/s1. The summed E-state index contributed by atoms with van der Waals surface area (Å²) < 4.78 is 7.55. The van der Waals surface area contributed by atoms with Crippen molar-refractivity contribution in [2.24, 2.45) is 5.92 Å². The van der Waals surface area contributed by atoms with Gasteiger partial charge in [0.15, 0.2) is 11.0 Å². The van der Waals surface area contributed by atoms with Crippen LogP contribution in [-0.2, 0) is 4.79 Å². The fourth-order valence-electron chi connectivity index (χ4n) is 3.74. The van der Waals surface area contributed by atoms with Crippen LogP contribution in [0.25, 0.3) is 11.4 Å². The third-order valence-corrected chi connectivity index (χ3v) is 6.26. The van der Waals surface area contributed by atoms with Crippen LogP contribution in [0.2, 0.25) is 0 Å². The summed E-state index contributed by atoms with van der Waals surface area (Å²) in [5.41, 5.74) is 1.02. The molecule has 152 valence electrons. The fraction of sp³-hybridized carbons (Fsp3) is 0.571. The average molecular weight is 403 g/mol. The van der Waals surface area contributed by atoms with Crippen molar-refractivity contribution in [2.45, 2.75) is 57.1 Å². The van der Waals surface area contributed by atoms with Gasteiger partial charge in [0, 0.05) is 18.2 Å². The van der Waals surface area contributed by atoms with E-state index in [4.69, 9.17) is 4.74 Å². The van der Waals surface area contributed by atoms with Crippen molar-refractivity contribution in [1.82, 2.24) is 20.1 Å². The average Bonchev–Trinajstić information content (AvgIpc) is 3.14. The van der Waals surface area contributed by atoms with E-state index in [0.717, 1.165) is 35.1 Å². The van der Waals surface area contributed by atoms with Gasteiger partial charge in [-0.2, -0.15) is 0 Å². The van der Waals surface area contributed by atoms with Gasteiger partial charge < -0.3 is 10.1 Å². The molecule has 2 aromatic rings.